The van der Waals surface area contributed by atoms with E-state index in [2.05, 4.69) is 62.0 Å². The Balaban J connectivity index is 2.87. The van der Waals surface area contributed by atoms with Crippen LogP contribution >= 0.6 is 55.8 Å². The minimum absolute atomic E-state index is 0.880. The smallest absolute Gasteiger partial charge is 0.0395 e. The van der Waals surface area contributed by atoms with E-state index in [1.807, 2.05) is 0 Å². The summed E-state index contributed by atoms with van der Waals surface area (Å²) in [6.45, 7) is 0. The Hall–Kier alpha value is 0.490. The molecule has 0 N–H and O–H groups in total. The molecule has 13 heavy (non-hydrogen) atoms. The maximum Gasteiger partial charge on any atom is 0.0395 e. The molecule has 0 saturated carbocycles. The van der Waals surface area contributed by atoms with Gasteiger partial charge in [0.15, 0.2) is 0 Å². The van der Waals surface area contributed by atoms with Crippen molar-refractivity contribution in [2.75, 3.05) is 0 Å². The van der Waals surface area contributed by atoms with E-state index < -0.39 is 0 Å². The van der Waals surface area contributed by atoms with Crippen LogP contribution in [0, 0.1) is 0 Å². The molecule has 68 valence electrons. The van der Waals surface area contributed by atoms with Crippen molar-refractivity contribution in [1.82, 2.24) is 0 Å². The fraction of sp³-hybridized carbons (Fsp3) is 0.111. The summed E-state index contributed by atoms with van der Waals surface area (Å²) in [5.41, 5.74) is 1.30. The summed E-state index contributed by atoms with van der Waals surface area (Å²) in [5, 5.41) is 4.24. The molecule has 0 atom stereocenters. The Morgan fingerprint density at radius 2 is 2.23 bits per heavy atom. The predicted octanol–water partition coefficient (Wildman–Crippen LogP) is 4.85. The SMILES string of the molecule is Sc1cc(CBr)c2sccc2c1Br. The van der Waals surface area contributed by atoms with E-state index >= 15 is 0 Å². The normalized spacial score (nSPS) is 11.0. The number of halogens is 2. The van der Waals surface area contributed by atoms with Crippen LogP contribution in [0.4, 0.5) is 0 Å². The quantitative estimate of drug-likeness (QED) is 0.558. The molecule has 0 unspecified atom stereocenters. The van der Waals surface area contributed by atoms with Gasteiger partial charge in [0.1, 0.15) is 0 Å². The van der Waals surface area contributed by atoms with Crippen molar-refractivity contribution < 1.29 is 0 Å². The van der Waals surface area contributed by atoms with Gasteiger partial charge in [-0.2, -0.15) is 0 Å². The van der Waals surface area contributed by atoms with Crippen LogP contribution in [0.25, 0.3) is 10.1 Å². The van der Waals surface area contributed by atoms with Gasteiger partial charge in [-0.05, 0) is 39.0 Å². The zero-order valence-electron chi connectivity index (χ0n) is 6.55. The third-order valence-electron chi connectivity index (χ3n) is 1.87. The largest absolute Gasteiger partial charge is 0.143 e. The van der Waals surface area contributed by atoms with Gasteiger partial charge in [0.2, 0.25) is 0 Å². The maximum absolute atomic E-state index is 4.41. The summed E-state index contributed by atoms with van der Waals surface area (Å²) in [5.74, 6) is 0. The molecule has 0 radical (unpaired) electrons. The minimum atomic E-state index is 0.880. The molecule has 0 nitrogen and oxygen atoms in total. The molecule has 0 amide bonds. The lowest BCUT2D eigenvalue weighted by Crippen LogP contribution is -1.80. The van der Waals surface area contributed by atoms with E-state index in [-0.39, 0.29) is 0 Å². The highest BCUT2D eigenvalue weighted by Crippen LogP contribution is 2.36. The van der Waals surface area contributed by atoms with Gasteiger partial charge >= 0.3 is 0 Å². The summed E-state index contributed by atoms with van der Waals surface area (Å²) in [7, 11) is 0. The van der Waals surface area contributed by atoms with Gasteiger partial charge in [-0.3, -0.25) is 0 Å². The summed E-state index contributed by atoms with van der Waals surface area (Å²) in [6.07, 6.45) is 0. The first-order valence-electron chi connectivity index (χ1n) is 3.67. The van der Waals surface area contributed by atoms with Crippen LogP contribution in [0.1, 0.15) is 5.56 Å². The van der Waals surface area contributed by atoms with E-state index in [4.69, 9.17) is 0 Å². The maximum atomic E-state index is 4.41. The Labute approximate surface area is 103 Å². The number of fused-ring (bicyclic) bond motifs is 1. The van der Waals surface area contributed by atoms with Crippen molar-refractivity contribution >= 4 is 65.9 Å². The topological polar surface area (TPSA) is 0 Å². The first kappa shape index (κ1) is 10.0. The minimum Gasteiger partial charge on any atom is -0.143 e. The number of benzene rings is 1. The van der Waals surface area contributed by atoms with Crippen LogP contribution in [0.15, 0.2) is 26.9 Å². The molecule has 0 bridgehead atoms. The monoisotopic (exact) mass is 336 g/mol. The van der Waals surface area contributed by atoms with Gasteiger partial charge in [-0.1, -0.05) is 15.9 Å². The molecule has 0 aliphatic carbocycles. The second-order valence-corrected chi connectivity index (χ2v) is 5.42. The molecule has 0 aliphatic heterocycles. The lowest BCUT2D eigenvalue weighted by Gasteiger charge is -2.03. The molecular formula is C9H6Br2S2. The van der Waals surface area contributed by atoms with Crippen LogP contribution in [-0.2, 0) is 5.33 Å². The van der Waals surface area contributed by atoms with Gasteiger partial charge in [-0.15, -0.1) is 24.0 Å². The predicted molar refractivity (Wildman–Crippen MR) is 69.4 cm³/mol. The standard InChI is InChI=1S/C9H6Br2S2/c10-4-5-3-7(12)8(11)6-1-2-13-9(5)6/h1-3,12H,4H2. The third-order valence-corrected chi connectivity index (χ3v) is 4.98. The van der Waals surface area contributed by atoms with E-state index in [9.17, 15) is 0 Å². The molecule has 1 aromatic carbocycles. The molecule has 2 aromatic rings. The first-order valence-corrected chi connectivity index (χ1v) is 6.91. The number of rotatable bonds is 1. The lowest BCUT2D eigenvalue weighted by atomic mass is 10.2. The molecule has 2 rings (SSSR count). The van der Waals surface area contributed by atoms with E-state index in [0.29, 0.717) is 0 Å². The van der Waals surface area contributed by atoms with Gasteiger partial charge in [0.25, 0.3) is 0 Å². The molecule has 1 aromatic heterocycles. The van der Waals surface area contributed by atoms with E-state index in [1.165, 1.54) is 15.6 Å². The summed E-state index contributed by atoms with van der Waals surface area (Å²) in [6, 6.07) is 4.22. The Kier molecular flexibility index (Phi) is 3.03. The highest BCUT2D eigenvalue weighted by atomic mass is 79.9. The van der Waals surface area contributed by atoms with Crippen molar-refractivity contribution in [3.63, 3.8) is 0 Å². The van der Waals surface area contributed by atoms with Gasteiger partial charge in [0.05, 0.1) is 0 Å². The zero-order chi connectivity index (χ0) is 9.42. The number of thiophene rings is 1. The fourth-order valence-electron chi connectivity index (χ4n) is 1.26. The Morgan fingerprint density at radius 1 is 1.46 bits per heavy atom. The molecule has 0 fully saturated rings. The first-order chi connectivity index (χ1) is 6.24. The number of hydrogen-bond acceptors (Lipinski definition) is 2. The van der Waals surface area contributed by atoms with Crippen molar-refractivity contribution in [3.05, 3.63) is 27.5 Å². The van der Waals surface area contributed by atoms with Gasteiger partial charge in [-0.25, -0.2) is 0 Å². The second kappa shape index (κ2) is 3.93. The van der Waals surface area contributed by atoms with Crippen molar-refractivity contribution in [1.29, 1.82) is 0 Å². The summed E-state index contributed by atoms with van der Waals surface area (Å²) < 4.78 is 2.43. The van der Waals surface area contributed by atoms with Crippen LogP contribution < -0.4 is 0 Å². The lowest BCUT2D eigenvalue weighted by molar-refractivity contribution is 1.39. The van der Waals surface area contributed by atoms with Crippen molar-refractivity contribution in [2.24, 2.45) is 0 Å². The highest BCUT2D eigenvalue weighted by molar-refractivity contribution is 9.10. The second-order valence-electron chi connectivity index (χ2n) is 2.67. The van der Waals surface area contributed by atoms with Gasteiger partial charge in [0, 0.05) is 24.8 Å². The van der Waals surface area contributed by atoms with E-state index in [0.717, 1.165) is 14.7 Å². The number of alkyl halides is 1. The average molecular weight is 338 g/mol. The van der Waals surface area contributed by atoms with Crippen molar-refractivity contribution in [3.8, 4) is 0 Å². The van der Waals surface area contributed by atoms with Crippen LogP contribution in [-0.4, -0.2) is 0 Å². The fourth-order valence-corrected chi connectivity index (χ4v) is 3.66. The molecule has 0 aliphatic rings. The van der Waals surface area contributed by atoms with Gasteiger partial charge < -0.3 is 0 Å². The van der Waals surface area contributed by atoms with Crippen LogP contribution in [0.5, 0.6) is 0 Å². The van der Waals surface area contributed by atoms with Crippen molar-refractivity contribution in [2.45, 2.75) is 10.2 Å². The Bertz CT molecular complexity index is 448. The van der Waals surface area contributed by atoms with Crippen LogP contribution in [0.2, 0.25) is 0 Å². The highest BCUT2D eigenvalue weighted by Gasteiger charge is 2.08. The molecule has 0 saturated heterocycles. The third kappa shape index (κ3) is 1.69. The molecule has 4 heteroatoms. The molecular weight excluding hydrogens is 332 g/mol. The molecule has 0 spiro atoms. The number of thiol groups is 1. The van der Waals surface area contributed by atoms with E-state index in [1.54, 1.807) is 11.3 Å². The zero-order valence-corrected chi connectivity index (χ0v) is 11.4. The number of hydrogen-bond donors (Lipinski definition) is 1. The average Bonchev–Trinajstić information content (AvgIpc) is 2.60. The molecule has 1 heterocycles. The summed E-state index contributed by atoms with van der Waals surface area (Å²) in [4.78, 5) is 1.00. The Morgan fingerprint density at radius 3 is 2.92 bits per heavy atom. The van der Waals surface area contributed by atoms with Crippen LogP contribution in [0.3, 0.4) is 0 Å². The summed E-state index contributed by atoms with van der Waals surface area (Å²) >= 11 is 13.2.